The SMILES string of the molecule is CC(C)(C)C(O)C(O)C1=CCCO1. The van der Waals surface area contributed by atoms with Crippen LogP contribution in [-0.4, -0.2) is 29.0 Å². The average Bonchev–Trinajstić information content (AvgIpc) is 2.51. The van der Waals surface area contributed by atoms with Crippen LogP contribution in [0.25, 0.3) is 0 Å². The molecule has 0 aromatic rings. The third-order valence-corrected chi connectivity index (χ3v) is 2.21. The van der Waals surface area contributed by atoms with Crippen LogP contribution in [0.1, 0.15) is 27.2 Å². The highest BCUT2D eigenvalue weighted by atomic mass is 16.5. The standard InChI is InChI=1S/C10H18O3/c1-10(2,3)9(12)8(11)7-5-4-6-13-7/h5,8-9,11-12H,4,6H2,1-3H3. The van der Waals surface area contributed by atoms with Crippen LogP contribution >= 0.6 is 0 Å². The van der Waals surface area contributed by atoms with Crippen LogP contribution < -0.4 is 0 Å². The fraction of sp³-hybridized carbons (Fsp3) is 0.800. The fourth-order valence-electron chi connectivity index (χ4n) is 1.27. The molecule has 0 aliphatic carbocycles. The van der Waals surface area contributed by atoms with Crippen LogP contribution in [-0.2, 0) is 4.74 Å². The Bertz CT molecular complexity index is 203. The lowest BCUT2D eigenvalue weighted by atomic mass is 9.85. The van der Waals surface area contributed by atoms with Gasteiger partial charge in [-0.05, 0) is 11.5 Å². The van der Waals surface area contributed by atoms with Crippen molar-refractivity contribution in [1.29, 1.82) is 0 Å². The number of hydrogen-bond donors (Lipinski definition) is 2. The van der Waals surface area contributed by atoms with Gasteiger partial charge in [-0.2, -0.15) is 0 Å². The maximum atomic E-state index is 9.74. The molecule has 2 N–H and O–H groups in total. The van der Waals surface area contributed by atoms with Crippen LogP contribution in [0.2, 0.25) is 0 Å². The maximum Gasteiger partial charge on any atom is 0.137 e. The van der Waals surface area contributed by atoms with E-state index in [1.54, 1.807) is 0 Å². The van der Waals surface area contributed by atoms with Gasteiger partial charge in [-0.1, -0.05) is 20.8 Å². The first-order valence-corrected chi connectivity index (χ1v) is 4.62. The lowest BCUT2D eigenvalue weighted by Gasteiger charge is -2.30. The number of ether oxygens (including phenoxy) is 1. The van der Waals surface area contributed by atoms with Gasteiger partial charge in [-0.3, -0.25) is 0 Å². The van der Waals surface area contributed by atoms with Crippen molar-refractivity contribution in [3.63, 3.8) is 0 Å². The van der Waals surface area contributed by atoms with E-state index in [2.05, 4.69) is 0 Å². The molecule has 3 heteroatoms. The largest absolute Gasteiger partial charge is 0.495 e. The minimum Gasteiger partial charge on any atom is -0.495 e. The third kappa shape index (κ3) is 2.45. The molecule has 0 bridgehead atoms. The van der Waals surface area contributed by atoms with Gasteiger partial charge >= 0.3 is 0 Å². The summed E-state index contributed by atoms with van der Waals surface area (Å²) in [6.07, 6.45) is 0.988. The molecule has 1 aliphatic rings. The second-order valence-electron chi connectivity index (χ2n) is 4.50. The van der Waals surface area contributed by atoms with Crippen molar-refractivity contribution >= 4 is 0 Å². The molecular weight excluding hydrogens is 168 g/mol. The minimum atomic E-state index is -0.887. The zero-order chi connectivity index (χ0) is 10.1. The van der Waals surface area contributed by atoms with Gasteiger partial charge in [-0.15, -0.1) is 0 Å². The molecule has 0 aromatic carbocycles. The number of rotatable bonds is 2. The molecular formula is C10H18O3. The highest BCUT2D eigenvalue weighted by molar-refractivity contribution is 5.07. The van der Waals surface area contributed by atoms with E-state index < -0.39 is 12.2 Å². The van der Waals surface area contributed by atoms with Gasteiger partial charge in [-0.25, -0.2) is 0 Å². The van der Waals surface area contributed by atoms with Gasteiger partial charge in [0.1, 0.15) is 11.9 Å². The van der Waals surface area contributed by atoms with Crippen molar-refractivity contribution in [1.82, 2.24) is 0 Å². The third-order valence-electron chi connectivity index (χ3n) is 2.21. The summed E-state index contributed by atoms with van der Waals surface area (Å²) in [4.78, 5) is 0. The van der Waals surface area contributed by atoms with Gasteiger partial charge in [0.2, 0.25) is 0 Å². The molecule has 76 valence electrons. The molecule has 2 atom stereocenters. The summed E-state index contributed by atoms with van der Waals surface area (Å²) in [5, 5.41) is 19.5. The summed E-state index contributed by atoms with van der Waals surface area (Å²) < 4.78 is 5.18. The molecule has 0 amide bonds. The molecule has 0 aromatic heterocycles. The van der Waals surface area contributed by atoms with Crippen molar-refractivity contribution in [2.75, 3.05) is 6.61 Å². The van der Waals surface area contributed by atoms with Crippen LogP contribution in [0.3, 0.4) is 0 Å². The van der Waals surface area contributed by atoms with Crippen molar-refractivity contribution in [2.24, 2.45) is 5.41 Å². The van der Waals surface area contributed by atoms with E-state index in [9.17, 15) is 10.2 Å². The summed E-state index contributed by atoms with van der Waals surface area (Å²) in [6.45, 7) is 6.27. The van der Waals surface area contributed by atoms with Crippen molar-refractivity contribution in [2.45, 2.75) is 39.4 Å². The van der Waals surface area contributed by atoms with E-state index in [4.69, 9.17) is 4.74 Å². The van der Waals surface area contributed by atoms with E-state index in [0.29, 0.717) is 12.4 Å². The quantitative estimate of drug-likeness (QED) is 0.678. The van der Waals surface area contributed by atoms with Crippen molar-refractivity contribution in [3.8, 4) is 0 Å². The normalized spacial score (nSPS) is 22.1. The van der Waals surface area contributed by atoms with E-state index in [1.807, 2.05) is 26.8 Å². The predicted molar refractivity (Wildman–Crippen MR) is 50.1 cm³/mol. The Morgan fingerprint density at radius 2 is 2.00 bits per heavy atom. The Morgan fingerprint density at radius 3 is 2.38 bits per heavy atom. The molecule has 1 heterocycles. The zero-order valence-electron chi connectivity index (χ0n) is 8.45. The van der Waals surface area contributed by atoms with Crippen molar-refractivity contribution in [3.05, 3.63) is 11.8 Å². The second kappa shape index (κ2) is 3.68. The molecule has 1 aliphatic heterocycles. The van der Waals surface area contributed by atoms with E-state index in [0.717, 1.165) is 6.42 Å². The maximum absolute atomic E-state index is 9.74. The monoisotopic (exact) mass is 186 g/mol. The van der Waals surface area contributed by atoms with Gasteiger partial charge < -0.3 is 14.9 Å². The van der Waals surface area contributed by atoms with Gasteiger partial charge in [0.25, 0.3) is 0 Å². The molecule has 1 rings (SSSR count). The summed E-state index contributed by atoms with van der Waals surface area (Å²) in [7, 11) is 0. The molecule has 0 radical (unpaired) electrons. The molecule has 13 heavy (non-hydrogen) atoms. The number of hydrogen-bond acceptors (Lipinski definition) is 3. The summed E-state index contributed by atoms with van der Waals surface area (Å²) in [5.41, 5.74) is -0.327. The Kier molecular flexibility index (Phi) is 2.98. The van der Waals surface area contributed by atoms with Crippen molar-refractivity contribution < 1.29 is 14.9 Å². The highest BCUT2D eigenvalue weighted by Crippen LogP contribution is 2.26. The smallest absolute Gasteiger partial charge is 0.137 e. The molecule has 3 nitrogen and oxygen atoms in total. The topological polar surface area (TPSA) is 49.7 Å². The van der Waals surface area contributed by atoms with Gasteiger partial charge in [0, 0.05) is 6.42 Å². The average molecular weight is 186 g/mol. The summed E-state index contributed by atoms with van der Waals surface area (Å²) in [5.74, 6) is 0.516. The Hall–Kier alpha value is -0.540. The van der Waals surface area contributed by atoms with E-state index >= 15 is 0 Å². The molecule has 0 saturated carbocycles. The van der Waals surface area contributed by atoms with Crippen LogP contribution in [0.4, 0.5) is 0 Å². The van der Waals surface area contributed by atoms with Gasteiger partial charge in [0.15, 0.2) is 0 Å². The summed E-state index contributed by atoms with van der Waals surface area (Å²) in [6, 6.07) is 0. The predicted octanol–water partition coefficient (Wildman–Crippen LogP) is 1.06. The lowest BCUT2D eigenvalue weighted by molar-refractivity contribution is -0.0473. The minimum absolute atomic E-state index is 0.327. The first kappa shape index (κ1) is 10.5. The molecule has 0 spiro atoms. The van der Waals surface area contributed by atoms with Gasteiger partial charge in [0.05, 0.1) is 12.7 Å². The first-order valence-electron chi connectivity index (χ1n) is 4.62. The van der Waals surface area contributed by atoms with E-state index in [1.165, 1.54) is 0 Å². The zero-order valence-corrected chi connectivity index (χ0v) is 8.45. The molecule has 0 fully saturated rings. The lowest BCUT2D eigenvalue weighted by Crippen LogP contribution is -2.38. The van der Waals surface area contributed by atoms with E-state index in [-0.39, 0.29) is 5.41 Å². The summed E-state index contributed by atoms with van der Waals surface area (Å²) >= 11 is 0. The Balaban J connectivity index is 2.61. The number of aliphatic hydroxyl groups is 2. The molecule has 2 unspecified atom stereocenters. The van der Waals surface area contributed by atoms with Crippen LogP contribution in [0.5, 0.6) is 0 Å². The second-order valence-corrected chi connectivity index (χ2v) is 4.50. The first-order chi connectivity index (χ1) is 5.93. The highest BCUT2D eigenvalue weighted by Gasteiger charge is 2.33. The van der Waals surface area contributed by atoms with Crippen LogP contribution in [0.15, 0.2) is 11.8 Å². The Morgan fingerprint density at radius 1 is 1.38 bits per heavy atom. The Labute approximate surface area is 79.0 Å². The van der Waals surface area contributed by atoms with Crippen LogP contribution in [0, 0.1) is 5.41 Å². The number of aliphatic hydroxyl groups excluding tert-OH is 2. The molecule has 0 saturated heterocycles. The fourth-order valence-corrected chi connectivity index (χ4v) is 1.27.